The smallest absolute Gasteiger partial charge is 0.478 e. The van der Waals surface area contributed by atoms with Crippen molar-refractivity contribution in [3.05, 3.63) is 108 Å². The van der Waals surface area contributed by atoms with Crippen LogP contribution in [0, 0.1) is 0 Å². The van der Waals surface area contributed by atoms with Crippen LogP contribution in [-0.2, 0) is 35.6 Å². The molecule has 2 unspecified atom stereocenters. The molecule has 0 aliphatic heterocycles. The summed E-state index contributed by atoms with van der Waals surface area (Å²) in [6, 6.07) is 17.6. The molecule has 0 aliphatic carbocycles. The molecule has 3 aromatic rings. The second-order valence-electron chi connectivity index (χ2n) is 11.9. The molecule has 3 aromatic carbocycles. The Bertz CT molecular complexity index is 1860. The summed E-state index contributed by atoms with van der Waals surface area (Å²) < 4.78 is 70.2. The number of nitrogens with one attached hydrogen (secondary N) is 1. The summed E-state index contributed by atoms with van der Waals surface area (Å²) in [5.41, 5.74) is 11.7. The van der Waals surface area contributed by atoms with Gasteiger partial charge >= 0.3 is 43.1 Å². The SMILES string of the molecule is NC(=O)OC(CCCC=CC(=O)O)c1ccc(OP(=S)(Oc2ccc(NC(=O)OCC(F)(F)F)cc2)Oc2ccc(C(CCCC=CC(=O)O)OC(N)=O)cc2)cc1. The highest BCUT2D eigenvalue weighted by molar-refractivity contribution is 8.08. The van der Waals surface area contributed by atoms with E-state index in [0.29, 0.717) is 49.7 Å². The van der Waals surface area contributed by atoms with Crippen LogP contribution in [-0.4, -0.2) is 53.2 Å². The van der Waals surface area contributed by atoms with Gasteiger partial charge in [-0.2, -0.15) is 13.2 Å². The highest BCUT2D eigenvalue weighted by atomic mass is 32.5. The van der Waals surface area contributed by atoms with E-state index in [9.17, 15) is 37.1 Å². The summed E-state index contributed by atoms with van der Waals surface area (Å²) in [5.74, 6) is -1.80. The summed E-state index contributed by atoms with van der Waals surface area (Å²) >= 11 is 5.78. The largest absolute Gasteiger partial charge is 0.490 e. The topological polar surface area (TPSA) is 245 Å². The number of alkyl halides is 3. The molecule has 0 saturated heterocycles. The van der Waals surface area contributed by atoms with Crippen LogP contribution in [0.1, 0.15) is 61.9 Å². The number of rotatable bonds is 22. The minimum atomic E-state index is -4.71. The number of nitrogens with two attached hydrogens (primary N) is 2. The molecule has 16 nitrogen and oxygen atoms in total. The van der Waals surface area contributed by atoms with Gasteiger partial charge in [0.2, 0.25) is 0 Å². The lowest BCUT2D eigenvalue weighted by atomic mass is 10.0. The highest BCUT2D eigenvalue weighted by Gasteiger charge is 2.30. The van der Waals surface area contributed by atoms with E-state index in [0.717, 1.165) is 12.2 Å². The summed E-state index contributed by atoms with van der Waals surface area (Å²) in [6.07, 6.45) is -2.36. The van der Waals surface area contributed by atoms with Gasteiger partial charge in [-0.3, -0.25) is 5.32 Å². The number of benzene rings is 3. The number of aliphatic carboxylic acids is 2. The molecule has 312 valence electrons. The van der Waals surface area contributed by atoms with Crippen molar-refractivity contribution < 1.29 is 75.1 Å². The standard InChI is InChI=1S/C37H39F3N3O13PS/c38-37(39,40)23-51-36(50)43-26-15-21-29(22-16-26)56-57(58,54-27-17-11-24(12-18-27)30(52-34(41)48)7-3-1-5-9-32(44)45)55-28-19-13-25(14-20-28)31(53-35(42)49)8-4-2-6-10-33(46)47/h5-6,9-22,30-31H,1-4,7-8,23H2,(H2,41,48)(H2,42,49)(H,43,50)(H,44,45)(H,46,47). The second kappa shape index (κ2) is 22.5. The third-order valence-corrected chi connectivity index (χ3v) is 9.31. The van der Waals surface area contributed by atoms with Crippen molar-refractivity contribution in [2.75, 3.05) is 11.9 Å². The zero-order valence-electron chi connectivity index (χ0n) is 30.4. The third-order valence-electron chi connectivity index (χ3n) is 7.33. The molecule has 0 saturated carbocycles. The maximum absolute atomic E-state index is 12.4. The molecule has 7 N–H and O–H groups in total. The zero-order valence-corrected chi connectivity index (χ0v) is 32.1. The van der Waals surface area contributed by atoms with Crippen molar-refractivity contribution in [3.8, 4) is 17.2 Å². The predicted molar refractivity (Wildman–Crippen MR) is 205 cm³/mol. The van der Waals surface area contributed by atoms with Gasteiger partial charge in [-0.25, -0.2) is 24.0 Å². The van der Waals surface area contributed by atoms with Crippen LogP contribution < -0.4 is 30.4 Å². The first-order chi connectivity index (χ1) is 27.4. The van der Waals surface area contributed by atoms with Crippen LogP contribution >= 0.6 is 6.72 Å². The fourth-order valence-corrected chi connectivity index (χ4v) is 6.93. The fraction of sp³-hybridized carbons (Fsp3) is 0.270. The Morgan fingerprint density at radius 3 is 1.41 bits per heavy atom. The van der Waals surface area contributed by atoms with Crippen LogP contribution in [0.3, 0.4) is 0 Å². The Labute approximate surface area is 334 Å². The van der Waals surface area contributed by atoms with Crippen molar-refractivity contribution in [2.45, 2.75) is 56.9 Å². The minimum Gasteiger partial charge on any atom is -0.478 e. The van der Waals surface area contributed by atoms with Crippen LogP contribution in [0.4, 0.5) is 33.2 Å². The quantitative estimate of drug-likeness (QED) is 0.0276. The molecule has 0 aromatic heterocycles. The number of carbonyl (C=O) groups excluding carboxylic acids is 3. The number of carbonyl (C=O) groups is 5. The monoisotopic (exact) mass is 853 g/mol. The number of allylic oxidation sites excluding steroid dienone is 2. The molecule has 0 aliphatic rings. The number of carboxylic acids is 2. The Kier molecular flexibility index (Phi) is 17.9. The summed E-state index contributed by atoms with van der Waals surface area (Å²) in [4.78, 5) is 56.5. The summed E-state index contributed by atoms with van der Waals surface area (Å²) in [5, 5.41) is 19.7. The lowest BCUT2D eigenvalue weighted by Gasteiger charge is -2.24. The molecule has 58 heavy (non-hydrogen) atoms. The van der Waals surface area contributed by atoms with Crippen molar-refractivity contribution in [1.29, 1.82) is 0 Å². The van der Waals surface area contributed by atoms with E-state index in [1.807, 2.05) is 0 Å². The van der Waals surface area contributed by atoms with Gasteiger partial charge < -0.3 is 49.5 Å². The average molecular weight is 854 g/mol. The van der Waals surface area contributed by atoms with E-state index < -0.39 is 61.9 Å². The molecule has 0 heterocycles. The Morgan fingerprint density at radius 1 is 0.690 bits per heavy atom. The van der Waals surface area contributed by atoms with Crippen molar-refractivity contribution in [1.82, 2.24) is 0 Å². The van der Waals surface area contributed by atoms with Gasteiger partial charge in [0.15, 0.2) is 6.61 Å². The zero-order chi connectivity index (χ0) is 42.7. The van der Waals surface area contributed by atoms with Crippen molar-refractivity contribution >= 4 is 54.4 Å². The first-order valence-corrected chi connectivity index (χ1v) is 19.7. The van der Waals surface area contributed by atoms with Gasteiger partial charge in [0.05, 0.1) is 0 Å². The van der Waals surface area contributed by atoms with Crippen molar-refractivity contribution in [3.63, 3.8) is 0 Å². The molecule has 3 rings (SSSR count). The number of anilines is 1. The first kappa shape index (κ1) is 46.1. The molecule has 0 bridgehead atoms. The molecule has 0 fully saturated rings. The van der Waals surface area contributed by atoms with E-state index in [1.54, 1.807) is 24.3 Å². The van der Waals surface area contributed by atoms with Gasteiger partial charge in [-0.05, 0) is 98.2 Å². The van der Waals surface area contributed by atoms with Crippen LogP contribution in [0.5, 0.6) is 17.2 Å². The Hall–Kier alpha value is -6.27. The highest BCUT2D eigenvalue weighted by Crippen LogP contribution is 2.50. The van der Waals surface area contributed by atoms with E-state index >= 15 is 0 Å². The molecule has 2 atom stereocenters. The van der Waals surface area contributed by atoms with Gasteiger partial charge in [0, 0.05) is 29.6 Å². The van der Waals surface area contributed by atoms with Gasteiger partial charge in [0.1, 0.15) is 29.5 Å². The molecular formula is C37H39F3N3O13PS. The molecule has 0 radical (unpaired) electrons. The number of amides is 3. The van der Waals surface area contributed by atoms with Crippen LogP contribution in [0.15, 0.2) is 97.1 Å². The summed E-state index contributed by atoms with van der Waals surface area (Å²) in [6.45, 7) is -5.65. The maximum atomic E-state index is 12.4. The molecule has 0 spiro atoms. The van der Waals surface area contributed by atoms with Gasteiger partial charge in [0.25, 0.3) is 0 Å². The lowest BCUT2D eigenvalue weighted by molar-refractivity contribution is -0.159. The van der Waals surface area contributed by atoms with E-state index in [1.165, 1.54) is 60.7 Å². The molecule has 21 heteroatoms. The van der Waals surface area contributed by atoms with Gasteiger partial charge in [-0.15, -0.1) is 0 Å². The normalized spacial score (nSPS) is 13.4. The van der Waals surface area contributed by atoms with Crippen LogP contribution in [0.25, 0.3) is 0 Å². The van der Waals surface area contributed by atoms with E-state index in [2.05, 4.69) is 10.1 Å². The number of carboxylic acid groups (broad SMARTS) is 2. The average Bonchev–Trinajstić information content (AvgIpc) is 3.13. The Morgan fingerprint density at radius 2 is 1.07 bits per heavy atom. The molecule has 3 amide bonds. The lowest BCUT2D eigenvalue weighted by Crippen LogP contribution is -2.23. The van der Waals surface area contributed by atoms with Crippen LogP contribution in [0.2, 0.25) is 0 Å². The number of hydrogen-bond donors (Lipinski definition) is 5. The summed E-state index contributed by atoms with van der Waals surface area (Å²) in [7, 11) is 0. The third kappa shape index (κ3) is 18.1. The number of halogens is 3. The van der Waals surface area contributed by atoms with E-state index in [-0.39, 0.29) is 22.9 Å². The second-order valence-corrected chi connectivity index (χ2v) is 14.7. The first-order valence-electron chi connectivity index (χ1n) is 17.1. The number of ether oxygens (including phenoxy) is 3. The number of unbranched alkanes of at least 4 members (excludes halogenated alkanes) is 2. The van der Waals surface area contributed by atoms with Gasteiger partial charge in [-0.1, -0.05) is 36.4 Å². The minimum absolute atomic E-state index is 0.0668. The predicted octanol–water partition coefficient (Wildman–Crippen LogP) is 8.45. The fourth-order valence-electron chi connectivity index (χ4n) is 4.91. The maximum Gasteiger partial charge on any atom is 0.490 e. The van der Waals surface area contributed by atoms with Crippen molar-refractivity contribution in [2.24, 2.45) is 11.5 Å². The molecular weight excluding hydrogens is 814 g/mol. The number of primary amides is 2. The Balaban J connectivity index is 1.85. The number of hydrogen-bond acceptors (Lipinski definition) is 12. The van der Waals surface area contributed by atoms with E-state index in [4.69, 9.17) is 56.5 Å².